The number of pyridine rings is 1. The van der Waals surface area contributed by atoms with Gasteiger partial charge in [-0.05, 0) is 118 Å². The fourth-order valence-corrected chi connectivity index (χ4v) is 8.88. The molecule has 3 saturated carbocycles. The lowest BCUT2D eigenvalue weighted by molar-refractivity contribution is -0.124. The first kappa shape index (κ1) is 30.6. The molecular weight excluding hydrogens is 609 g/mol. The number of nitrogens with zero attached hydrogens (tertiary/aromatic N) is 4. The molecule has 3 aromatic heterocycles. The van der Waals surface area contributed by atoms with Crippen LogP contribution in [-0.4, -0.2) is 63.2 Å². The molecule has 0 bridgehead atoms. The van der Waals surface area contributed by atoms with Gasteiger partial charge in [-0.2, -0.15) is 0 Å². The van der Waals surface area contributed by atoms with Crippen LogP contribution in [0.15, 0.2) is 67.1 Å². The average molecular weight is 653 g/mol. The molecule has 4 fully saturated rings. The first-order valence-corrected chi connectivity index (χ1v) is 18.4. The van der Waals surface area contributed by atoms with Crippen molar-refractivity contribution >= 4 is 34.5 Å². The first-order chi connectivity index (χ1) is 23.0. The summed E-state index contributed by atoms with van der Waals surface area (Å²) in [6.07, 6.45) is 15.2. The second-order valence-electron chi connectivity index (χ2n) is 14.3. The SMILES string of the molecule is O=C(O[C@H]1CC[C@H](C(=O)N(C[C@H]2CC[C@H](c3cc4ccccn4c3)CC2)c2cccc(-c3cnc(C4CC4)s3)c2)CC1)N1CC(O)C1. The molecule has 0 unspecified atom stereocenters. The number of fused-ring (bicyclic) bond motifs is 1. The molecule has 4 aromatic rings. The summed E-state index contributed by atoms with van der Waals surface area (Å²) >= 11 is 1.79. The lowest BCUT2D eigenvalue weighted by atomic mass is 9.79. The van der Waals surface area contributed by atoms with Crippen LogP contribution >= 0.6 is 11.3 Å². The number of β-amino-alcohol motifs (C(OH)–C–C–N with tert-alkyl or cyclic N) is 1. The number of anilines is 1. The standard InChI is InChI=1S/C38H44N4O4S/c43-33-23-41(24-33)38(45)46-34-15-13-28(14-16-34)37(44)42(32-6-3-4-29(18-32)35-20-39-36(47-35)27-11-12-27)21-25-7-9-26(10-8-25)30-19-31-5-1-2-17-40(31)22-30/h1-6,17-20,22,25-28,33-34,43H,7-16,21,23-24H2/t25-,26-,28-,34-. The quantitative estimate of drug-likeness (QED) is 0.212. The molecule has 1 aromatic carbocycles. The molecule has 47 heavy (non-hydrogen) atoms. The number of amides is 2. The highest BCUT2D eigenvalue weighted by molar-refractivity contribution is 7.15. The molecule has 246 valence electrons. The van der Waals surface area contributed by atoms with E-state index in [1.807, 2.05) is 6.20 Å². The van der Waals surface area contributed by atoms with E-state index in [4.69, 9.17) is 9.72 Å². The number of aliphatic hydroxyl groups is 1. The average Bonchev–Trinajstić information content (AvgIpc) is 3.64. The van der Waals surface area contributed by atoms with Crippen molar-refractivity contribution < 1.29 is 19.4 Å². The fraction of sp³-hybridized carbons (Fsp3) is 0.500. The van der Waals surface area contributed by atoms with E-state index in [9.17, 15) is 14.7 Å². The van der Waals surface area contributed by atoms with Crippen molar-refractivity contribution in [1.29, 1.82) is 0 Å². The molecule has 4 heterocycles. The summed E-state index contributed by atoms with van der Waals surface area (Å²) in [5.74, 6) is 1.74. The summed E-state index contributed by atoms with van der Waals surface area (Å²) in [4.78, 5) is 36.3. The smallest absolute Gasteiger partial charge is 0.410 e. The summed E-state index contributed by atoms with van der Waals surface area (Å²) in [7, 11) is 0. The van der Waals surface area contributed by atoms with Crippen LogP contribution < -0.4 is 4.90 Å². The summed E-state index contributed by atoms with van der Waals surface area (Å²) in [6.45, 7) is 1.41. The highest BCUT2D eigenvalue weighted by Crippen LogP contribution is 2.44. The maximum Gasteiger partial charge on any atom is 0.410 e. The van der Waals surface area contributed by atoms with Gasteiger partial charge in [0.2, 0.25) is 5.91 Å². The molecule has 0 radical (unpaired) electrons. The Morgan fingerprint density at radius 2 is 1.70 bits per heavy atom. The van der Waals surface area contributed by atoms with Gasteiger partial charge in [0.15, 0.2) is 0 Å². The molecule has 1 N–H and O–H groups in total. The number of hydrogen-bond acceptors (Lipinski definition) is 6. The Kier molecular flexibility index (Phi) is 8.52. The van der Waals surface area contributed by atoms with E-state index in [0.717, 1.165) is 43.5 Å². The molecule has 0 atom stereocenters. The van der Waals surface area contributed by atoms with E-state index >= 15 is 0 Å². The number of carbonyl (C=O) groups is 2. The predicted molar refractivity (Wildman–Crippen MR) is 184 cm³/mol. The van der Waals surface area contributed by atoms with Crippen LogP contribution in [0.5, 0.6) is 0 Å². The number of likely N-dealkylation sites (tertiary alicyclic amines) is 1. The normalized spacial score (nSPS) is 25.0. The Labute approximate surface area is 280 Å². The number of hydrogen-bond donors (Lipinski definition) is 1. The summed E-state index contributed by atoms with van der Waals surface area (Å²) < 4.78 is 7.96. The molecule has 8 nitrogen and oxygen atoms in total. The molecule has 2 amide bonds. The Morgan fingerprint density at radius 3 is 2.45 bits per heavy atom. The zero-order valence-corrected chi connectivity index (χ0v) is 27.7. The third-order valence-electron chi connectivity index (χ3n) is 10.9. The zero-order chi connectivity index (χ0) is 31.9. The maximum absolute atomic E-state index is 14.4. The monoisotopic (exact) mass is 652 g/mol. The van der Waals surface area contributed by atoms with Gasteiger partial charge in [0.05, 0.1) is 29.1 Å². The fourth-order valence-electron chi connectivity index (χ4n) is 7.80. The van der Waals surface area contributed by atoms with Crippen LogP contribution in [0.1, 0.15) is 86.6 Å². The largest absolute Gasteiger partial charge is 0.446 e. The number of ether oxygens (including phenoxy) is 1. The van der Waals surface area contributed by atoms with Crippen LogP contribution in [0.2, 0.25) is 0 Å². The van der Waals surface area contributed by atoms with Gasteiger partial charge >= 0.3 is 6.09 Å². The van der Waals surface area contributed by atoms with Crippen molar-refractivity contribution in [3.8, 4) is 10.4 Å². The minimum Gasteiger partial charge on any atom is -0.446 e. The minimum atomic E-state index is -0.443. The number of benzene rings is 1. The van der Waals surface area contributed by atoms with Crippen LogP contribution in [0.3, 0.4) is 0 Å². The second-order valence-corrected chi connectivity index (χ2v) is 15.3. The van der Waals surface area contributed by atoms with Gasteiger partial charge in [0.1, 0.15) is 6.10 Å². The summed E-state index contributed by atoms with van der Waals surface area (Å²) in [5, 5.41) is 10.8. The van der Waals surface area contributed by atoms with Crippen LogP contribution in [0, 0.1) is 11.8 Å². The van der Waals surface area contributed by atoms with Gasteiger partial charge in [-0.15, -0.1) is 11.3 Å². The Morgan fingerprint density at radius 1 is 0.915 bits per heavy atom. The summed E-state index contributed by atoms with van der Waals surface area (Å²) in [6, 6.07) is 17.2. The van der Waals surface area contributed by atoms with Gasteiger partial charge < -0.3 is 24.0 Å². The predicted octanol–water partition coefficient (Wildman–Crippen LogP) is 7.62. The van der Waals surface area contributed by atoms with Crippen molar-refractivity contribution in [2.45, 2.75) is 88.3 Å². The second kappa shape index (κ2) is 13.1. The number of thiazole rings is 1. The molecule has 1 saturated heterocycles. The van der Waals surface area contributed by atoms with Gasteiger partial charge in [0.25, 0.3) is 0 Å². The van der Waals surface area contributed by atoms with Gasteiger partial charge in [0, 0.05) is 48.2 Å². The number of carbonyl (C=O) groups excluding carboxylic acids is 2. The van der Waals surface area contributed by atoms with Gasteiger partial charge in [-0.1, -0.05) is 18.2 Å². The Bertz CT molecular complexity index is 1690. The van der Waals surface area contributed by atoms with E-state index in [2.05, 4.69) is 70.2 Å². The highest BCUT2D eigenvalue weighted by atomic mass is 32.1. The molecule has 8 rings (SSSR count). The van der Waals surface area contributed by atoms with E-state index in [1.165, 1.54) is 33.8 Å². The third-order valence-corrected chi connectivity index (χ3v) is 12.1. The number of aliphatic hydroxyl groups excluding tert-OH is 1. The number of aromatic nitrogens is 2. The molecular formula is C38H44N4O4S. The topological polar surface area (TPSA) is 87.4 Å². The van der Waals surface area contributed by atoms with Crippen molar-refractivity contribution in [3.05, 3.63) is 77.7 Å². The van der Waals surface area contributed by atoms with Crippen molar-refractivity contribution in [2.24, 2.45) is 11.8 Å². The van der Waals surface area contributed by atoms with Crippen LogP contribution in [-0.2, 0) is 9.53 Å². The first-order valence-electron chi connectivity index (χ1n) is 17.5. The molecule has 4 aliphatic rings. The zero-order valence-electron chi connectivity index (χ0n) is 26.9. The van der Waals surface area contributed by atoms with E-state index in [1.54, 1.807) is 16.2 Å². The van der Waals surface area contributed by atoms with Crippen molar-refractivity contribution in [1.82, 2.24) is 14.3 Å². The van der Waals surface area contributed by atoms with Crippen LogP contribution in [0.4, 0.5) is 10.5 Å². The van der Waals surface area contributed by atoms with E-state index in [0.29, 0.717) is 56.5 Å². The third kappa shape index (κ3) is 6.70. The van der Waals surface area contributed by atoms with E-state index < -0.39 is 6.10 Å². The molecule has 3 aliphatic carbocycles. The minimum absolute atomic E-state index is 0.0885. The van der Waals surface area contributed by atoms with Gasteiger partial charge in [-0.25, -0.2) is 9.78 Å². The Balaban J connectivity index is 0.963. The van der Waals surface area contributed by atoms with Crippen molar-refractivity contribution in [3.63, 3.8) is 0 Å². The highest BCUT2D eigenvalue weighted by Gasteiger charge is 2.36. The molecule has 9 heteroatoms. The molecule has 0 spiro atoms. The number of rotatable bonds is 8. The van der Waals surface area contributed by atoms with Gasteiger partial charge in [-0.3, -0.25) is 4.79 Å². The van der Waals surface area contributed by atoms with E-state index in [-0.39, 0.29) is 24.0 Å². The summed E-state index contributed by atoms with van der Waals surface area (Å²) in [5.41, 5.74) is 4.77. The van der Waals surface area contributed by atoms with Crippen LogP contribution in [0.25, 0.3) is 16.0 Å². The lowest BCUT2D eigenvalue weighted by Crippen LogP contribution is -2.54. The molecule has 1 aliphatic heterocycles. The van der Waals surface area contributed by atoms with Crippen molar-refractivity contribution in [2.75, 3.05) is 24.5 Å². The Hall–Kier alpha value is -3.69. The maximum atomic E-state index is 14.4. The lowest BCUT2D eigenvalue weighted by Gasteiger charge is -2.38.